The van der Waals surface area contributed by atoms with Crippen LogP contribution in [0.3, 0.4) is 0 Å². The minimum Gasteiger partial charge on any atom is -0.481 e. The van der Waals surface area contributed by atoms with Crippen LogP contribution in [0.15, 0.2) is 42.0 Å². The van der Waals surface area contributed by atoms with Crippen molar-refractivity contribution >= 4 is 17.5 Å². The van der Waals surface area contributed by atoms with E-state index >= 15 is 0 Å². The van der Waals surface area contributed by atoms with Gasteiger partial charge >= 0.3 is 11.9 Å². The molecule has 1 aliphatic carbocycles. The van der Waals surface area contributed by atoms with Gasteiger partial charge < -0.3 is 10.2 Å². The Morgan fingerprint density at radius 1 is 1.15 bits per heavy atom. The van der Waals surface area contributed by atoms with Crippen molar-refractivity contribution in [2.75, 3.05) is 0 Å². The third-order valence-corrected chi connectivity index (χ3v) is 3.49. The second-order valence-corrected chi connectivity index (χ2v) is 4.90. The molecular formula is C15H13FO4. The fourth-order valence-corrected chi connectivity index (χ4v) is 2.28. The Hall–Kier alpha value is -2.43. The highest BCUT2D eigenvalue weighted by atomic mass is 19.1. The highest BCUT2D eigenvalue weighted by Gasteiger charge is 2.41. The lowest BCUT2D eigenvalue weighted by atomic mass is 9.71. The molecule has 5 heteroatoms. The Morgan fingerprint density at radius 3 is 2.25 bits per heavy atom. The highest BCUT2D eigenvalue weighted by molar-refractivity contribution is 5.98. The SMILES string of the molecule is CC1(C(=O)O)CC(C(=O)O)=CC=C1c1ccc(F)cc1. The maximum Gasteiger partial charge on any atom is 0.331 e. The molecule has 1 aromatic rings. The van der Waals surface area contributed by atoms with E-state index in [0.717, 1.165) is 0 Å². The number of benzene rings is 1. The van der Waals surface area contributed by atoms with Gasteiger partial charge in [-0.3, -0.25) is 4.79 Å². The Balaban J connectivity index is 2.54. The first-order chi connectivity index (χ1) is 9.34. The quantitative estimate of drug-likeness (QED) is 0.890. The van der Waals surface area contributed by atoms with E-state index in [1.165, 1.54) is 43.3 Å². The number of aliphatic carboxylic acids is 2. The molecule has 0 spiro atoms. The lowest BCUT2D eigenvalue weighted by molar-refractivity contribution is -0.144. The van der Waals surface area contributed by atoms with Crippen molar-refractivity contribution in [3.8, 4) is 0 Å². The topological polar surface area (TPSA) is 74.6 Å². The summed E-state index contributed by atoms with van der Waals surface area (Å²) in [4.78, 5) is 22.6. The van der Waals surface area contributed by atoms with Crippen LogP contribution in [-0.4, -0.2) is 22.2 Å². The van der Waals surface area contributed by atoms with Crippen LogP contribution >= 0.6 is 0 Å². The predicted molar refractivity (Wildman–Crippen MR) is 70.5 cm³/mol. The fourth-order valence-electron chi connectivity index (χ4n) is 2.28. The van der Waals surface area contributed by atoms with Gasteiger partial charge in [-0.15, -0.1) is 0 Å². The van der Waals surface area contributed by atoms with Crippen LogP contribution in [0.2, 0.25) is 0 Å². The largest absolute Gasteiger partial charge is 0.481 e. The van der Waals surface area contributed by atoms with Gasteiger partial charge in [0.05, 0.1) is 5.41 Å². The van der Waals surface area contributed by atoms with Crippen LogP contribution in [0.1, 0.15) is 18.9 Å². The van der Waals surface area contributed by atoms with E-state index in [1.54, 1.807) is 0 Å². The summed E-state index contributed by atoms with van der Waals surface area (Å²) in [5, 5.41) is 18.5. The average molecular weight is 276 g/mol. The molecule has 0 heterocycles. The zero-order chi connectivity index (χ0) is 14.9. The van der Waals surface area contributed by atoms with E-state index < -0.39 is 23.2 Å². The number of hydrogen-bond donors (Lipinski definition) is 2. The summed E-state index contributed by atoms with van der Waals surface area (Å²) < 4.78 is 12.9. The first kappa shape index (κ1) is 14.0. The summed E-state index contributed by atoms with van der Waals surface area (Å²) in [5.74, 6) is -2.66. The lowest BCUT2D eigenvalue weighted by Gasteiger charge is -2.31. The Morgan fingerprint density at radius 2 is 1.75 bits per heavy atom. The summed E-state index contributed by atoms with van der Waals surface area (Å²) in [6, 6.07) is 5.47. The molecule has 0 fully saturated rings. The molecule has 0 aromatic heterocycles. The molecule has 0 amide bonds. The first-order valence-electron chi connectivity index (χ1n) is 5.98. The summed E-state index contributed by atoms with van der Waals surface area (Å²) in [7, 11) is 0. The van der Waals surface area contributed by atoms with Gasteiger partial charge in [-0.1, -0.05) is 24.3 Å². The van der Waals surface area contributed by atoms with Gasteiger partial charge in [0.1, 0.15) is 5.82 Å². The van der Waals surface area contributed by atoms with Crippen molar-refractivity contribution < 1.29 is 24.2 Å². The van der Waals surface area contributed by atoms with E-state index in [-0.39, 0.29) is 12.0 Å². The van der Waals surface area contributed by atoms with Crippen LogP contribution < -0.4 is 0 Å². The van der Waals surface area contributed by atoms with Gasteiger partial charge in [0.25, 0.3) is 0 Å². The van der Waals surface area contributed by atoms with Crippen molar-refractivity contribution in [3.63, 3.8) is 0 Å². The summed E-state index contributed by atoms with van der Waals surface area (Å²) in [6.07, 6.45) is 2.76. The molecule has 4 nitrogen and oxygen atoms in total. The van der Waals surface area contributed by atoms with Crippen molar-refractivity contribution in [2.45, 2.75) is 13.3 Å². The average Bonchev–Trinajstić information content (AvgIpc) is 2.39. The van der Waals surface area contributed by atoms with Crippen LogP contribution in [0.5, 0.6) is 0 Å². The molecule has 0 radical (unpaired) electrons. The van der Waals surface area contributed by atoms with Crippen LogP contribution in [-0.2, 0) is 9.59 Å². The van der Waals surface area contributed by atoms with Gasteiger partial charge in [-0.2, -0.15) is 0 Å². The first-order valence-corrected chi connectivity index (χ1v) is 5.98. The minimum atomic E-state index is -1.35. The number of carboxylic acid groups (broad SMARTS) is 2. The van der Waals surface area contributed by atoms with Gasteiger partial charge in [0, 0.05) is 5.57 Å². The van der Waals surface area contributed by atoms with Crippen molar-refractivity contribution in [1.29, 1.82) is 0 Å². The van der Waals surface area contributed by atoms with Gasteiger partial charge in [0.15, 0.2) is 0 Å². The van der Waals surface area contributed by atoms with E-state index in [9.17, 15) is 19.1 Å². The second-order valence-electron chi connectivity index (χ2n) is 4.90. The zero-order valence-electron chi connectivity index (χ0n) is 10.8. The molecule has 1 aromatic carbocycles. The van der Waals surface area contributed by atoms with Crippen molar-refractivity contribution in [3.05, 3.63) is 53.4 Å². The Bertz CT molecular complexity index is 628. The molecule has 0 bridgehead atoms. The summed E-state index contributed by atoms with van der Waals surface area (Å²) in [6.45, 7) is 1.47. The summed E-state index contributed by atoms with van der Waals surface area (Å²) >= 11 is 0. The molecule has 1 aliphatic rings. The predicted octanol–water partition coefficient (Wildman–Crippen LogP) is 2.71. The van der Waals surface area contributed by atoms with Crippen molar-refractivity contribution in [1.82, 2.24) is 0 Å². The maximum atomic E-state index is 12.9. The molecule has 20 heavy (non-hydrogen) atoms. The smallest absolute Gasteiger partial charge is 0.331 e. The van der Waals surface area contributed by atoms with Crippen LogP contribution in [0, 0.1) is 11.2 Å². The highest BCUT2D eigenvalue weighted by Crippen LogP contribution is 2.43. The number of allylic oxidation sites excluding steroid dienone is 2. The van der Waals surface area contributed by atoms with Crippen LogP contribution in [0.25, 0.3) is 5.57 Å². The number of rotatable bonds is 3. The standard InChI is InChI=1S/C15H13FO4/c1-15(14(19)20)8-10(13(17)18)4-7-12(15)9-2-5-11(16)6-3-9/h2-7H,8H2,1H3,(H,17,18)(H,19,20). The Labute approximate surface area is 114 Å². The Kier molecular flexibility index (Phi) is 3.44. The van der Waals surface area contributed by atoms with E-state index in [2.05, 4.69) is 0 Å². The number of carboxylic acids is 2. The van der Waals surface area contributed by atoms with E-state index in [0.29, 0.717) is 11.1 Å². The normalized spacial score (nSPS) is 21.9. The monoisotopic (exact) mass is 276 g/mol. The number of halogens is 1. The van der Waals surface area contributed by atoms with Gasteiger partial charge in [-0.05, 0) is 36.6 Å². The molecule has 0 saturated carbocycles. The minimum absolute atomic E-state index is 0.0424. The molecule has 2 N–H and O–H groups in total. The number of hydrogen-bond acceptors (Lipinski definition) is 2. The van der Waals surface area contributed by atoms with Gasteiger partial charge in [-0.25, -0.2) is 9.18 Å². The molecule has 1 atom stereocenters. The van der Waals surface area contributed by atoms with Crippen molar-refractivity contribution in [2.24, 2.45) is 5.41 Å². The fraction of sp³-hybridized carbons (Fsp3) is 0.200. The van der Waals surface area contributed by atoms with E-state index in [1.807, 2.05) is 0 Å². The van der Waals surface area contributed by atoms with Crippen LogP contribution in [0.4, 0.5) is 4.39 Å². The summed E-state index contributed by atoms with van der Waals surface area (Å²) in [5.41, 5.74) is -0.270. The molecule has 2 rings (SSSR count). The van der Waals surface area contributed by atoms with E-state index in [4.69, 9.17) is 5.11 Å². The third-order valence-electron chi connectivity index (χ3n) is 3.49. The number of carbonyl (C=O) groups is 2. The molecular weight excluding hydrogens is 263 g/mol. The maximum absolute atomic E-state index is 12.9. The van der Waals surface area contributed by atoms with Gasteiger partial charge in [0.2, 0.25) is 0 Å². The molecule has 0 saturated heterocycles. The molecule has 1 unspecified atom stereocenters. The zero-order valence-corrected chi connectivity index (χ0v) is 10.8. The second kappa shape index (κ2) is 4.92. The third kappa shape index (κ3) is 2.34. The molecule has 0 aliphatic heterocycles. The lowest BCUT2D eigenvalue weighted by Crippen LogP contribution is -2.32. The molecule has 104 valence electrons.